The zero-order valence-corrected chi connectivity index (χ0v) is 9.34. The van der Waals surface area contributed by atoms with Crippen molar-refractivity contribution < 1.29 is 0 Å². The number of hydrogen-bond donors (Lipinski definition) is 0. The van der Waals surface area contributed by atoms with Gasteiger partial charge in [-0.05, 0) is 43.3 Å². The molecule has 0 saturated heterocycles. The maximum atomic E-state index is 2.39. The summed E-state index contributed by atoms with van der Waals surface area (Å²) in [5.41, 5.74) is 3.46. The summed E-state index contributed by atoms with van der Waals surface area (Å²) in [6, 6.07) is 0. The highest BCUT2D eigenvalue weighted by atomic mass is 14.2. The van der Waals surface area contributed by atoms with E-state index in [1.54, 1.807) is 11.1 Å². The Morgan fingerprint density at radius 1 is 1.07 bits per heavy atom. The Kier molecular flexibility index (Phi) is 2.62. The summed E-state index contributed by atoms with van der Waals surface area (Å²) in [6.07, 6.45) is 16.0. The molecule has 0 atom stereocenters. The monoisotopic (exact) mass is 188 g/mol. The second kappa shape index (κ2) is 3.76. The molecule has 76 valence electrons. The minimum Gasteiger partial charge on any atom is -0.0745 e. The van der Waals surface area contributed by atoms with E-state index in [0.717, 1.165) is 0 Å². The van der Waals surface area contributed by atoms with E-state index in [9.17, 15) is 0 Å². The molecule has 2 aliphatic rings. The Hall–Kier alpha value is -0.780. The van der Waals surface area contributed by atoms with Crippen molar-refractivity contribution in [1.29, 1.82) is 0 Å². The van der Waals surface area contributed by atoms with Gasteiger partial charge < -0.3 is 0 Å². The lowest BCUT2D eigenvalue weighted by molar-refractivity contribution is 0.530. The fraction of sp³-hybridized carbons (Fsp3) is 0.571. The van der Waals surface area contributed by atoms with Gasteiger partial charge in [0, 0.05) is 5.41 Å². The molecule has 0 aromatic rings. The van der Waals surface area contributed by atoms with Crippen LogP contribution >= 0.6 is 0 Å². The predicted octanol–water partition coefficient (Wildman–Crippen LogP) is 4.40. The second-order valence-corrected chi connectivity index (χ2v) is 4.78. The van der Waals surface area contributed by atoms with Crippen LogP contribution in [0, 0.1) is 5.41 Å². The Labute approximate surface area is 87.4 Å². The van der Waals surface area contributed by atoms with Gasteiger partial charge >= 0.3 is 0 Å². The zero-order valence-electron chi connectivity index (χ0n) is 9.34. The van der Waals surface area contributed by atoms with Gasteiger partial charge in [-0.15, -0.1) is 0 Å². The number of allylic oxidation sites excluding steroid dienone is 6. The molecule has 2 aliphatic carbocycles. The summed E-state index contributed by atoms with van der Waals surface area (Å²) < 4.78 is 0. The van der Waals surface area contributed by atoms with E-state index < -0.39 is 0 Å². The van der Waals surface area contributed by atoms with E-state index in [4.69, 9.17) is 0 Å². The first-order chi connectivity index (χ1) is 6.73. The van der Waals surface area contributed by atoms with Gasteiger partial charge in [0.1, 0.15) is 0 Å². The SMILES string of the molecule is CCC1(C)C=CC2=C(C=C1)CCCC2. The van der Waals surface area contributed by atoms with Crippen LogP contribution in [0.2, 0.25) is 0 Å². The van der Waals surface area contributed by atoms with Crippen molar-refractivity contribution in [1.82, 2.24) is 0 Å². The summed E-state index contributed by atoms with van der Waals surface area (Å²) in [5, 5.41) is 0. The zero-order chi connectivity index (χ0) is 10.0. The lowest BCUT2D eigenvalue weighted by atomic mass is 9.87. The van der Waals surface area contributed by atoms with Crippen LogP contribution in [0.3, 0.4) is 0 Å². The van der Waals surface area contributed by atoms with Crippen molar-refractivity contribution in [3.05, 3.63) is 35.5 Å². The molecule has 0 amide bonds. The molecule has 0 unspecified atom stereocenters. The van der Waals surface area contributed by atoms with E-state index in [0.29, 0.717) is 0 Å². The Bertz CT molecular complexity index is 276. The predicted molar refractivity (Wildman–Crippen MR) is 62.2 cm³/mol. The summed E-state index contributed by atoms with van der Waals surface area (Å²) in [7, 11) is 0. The number of rotatable bonds is 1. The van der Waals surface area contributed by atoms with Gasteiger partial charge in [-0.25, -0.2) is 0 Å². The minimum atomic E-state index is 0.289. The molecule has 0 bridgehead atoms. The smallest absolute Gasteiger partial charge is 0.00365 e. The molecular weight excluding hydrogens is 168 g/mol. The molecular formula is C14H20. The Balaban J connectivity index is 2.29. The highest BCUT2D eigenvalue weighted by Gasteiger charge is 2.18. The van der Waals surface area contributed by atoms with Crippen molar-refractivity contribution in [2.24, 2.45) is 5.41 Å². The van der Waals surface area contributed by atoms with Crippen LogP contribution in [0.25, 0.3) is 0 Å². The largest absolute Gasteiger partial charge is 0.0745 e. The third-order valence-corrected chi connectivity index (χ3v) is 3.65. The molecule has 0 fully saturated rings. The van der Waals surface area contributed by atoms with Gasteiger partial charge in [0.15, 0.2) is 0 Å². The summed E-state index contributed by atoms with van der Waals surface area (Å²) >= 11 is 0. The first-order valence-electron chi connectivity index (χ1n) is 5.84. The van der Waals surface area contributed by atoms with E-state index in [2.05, 4.69) is 38.2 Å². The van der Waals surface area contributed by atoms with Gasteiger partial charge in [0.2, 0.25) is 0 Å². The standard InChI is InChI=1S/C14H20/c1-3-14(2)10-8-12-6-4-5-7-13(12)9-11-14/h8-11H,3-7H2,1-2H3. The van der Waals surface area contributed by atoms with Crippen molar-refractivity contribution in [3.8, 4) is 0 Å². The van der Waals surface area contributed by atoms with Gasteiger partial charge in [-0.1, -0.05) is 38.2 Å². The third kappa shape index (κ3) is 1.84. The van der Waals surface area contributed by atoms with Gasteiger partial charge in [0.25, 0.3) is 0 Å². The van der Waals surface area contributed by atoms with Crippen LogP contribution in [0.1, 0.15) is 46.0 Å². The molecule has 0 aromatic carbocycles. The van der Waals surface area contributed by atoms with E-state index in [1.165, 1.54) is 32.1 Å². The lowest BCUT2D eigenvalue weighted by Crippen LogP contribution is -2.06. The summed E-state index contributed by atoms with van der Waals surface area (Å²) in [5.74, 6) is 0. The lowest BCUT2D eigenvalue weighted by Gasteiger charge is -2.18. The van der Waals surface area contributed by atoms with Gasteiger partial charge in [0.05, 0.1) is 0 Å². The molecule has 14 heavy (non-hydrogen) atoms. The average Bonchev–Trinajstić information content (AvgIpc) is 2.40. The maximum Gasteiger partial charge on any atom is 0.00365 e. The molecule has 2 rings (SSSR count). The quantitative estimate of drug-likeness (QED) is 0.572. The fourth-order valence-electron chi connectivity index (χ4n) is 2.21. The van der Waals surface area contributed by atoms with Crippen molar-refractivity contribution in [2.75, 3.05) is 0 Å². The highest BCUT2D eigenvalue weighted by molar-refractivity contribution is 5.39. The van der Waals surface area contributed by atoms with E-state index in [-0.39, 0.29) is 5.41 Å². The van der Waals surface area contributed by atoms with Crippen molar-refractivity contribution >= 4 is 0 Å². The third-order valence-electron chi connectivity index (χ3n) is 3.65. The molecule has 0 nitrogen and oxygen atoms in total. The van der Waals surface area contributed by atoms with Gasteiger partial charge in [-0.3, -0.25) is 0 Å². The second-order valence-electron chi connectivity index (χ2n) is 4.78. The van der Waals surface area contributed by atoms with Crippen LogP contribution in [0.15, 0.2) is 35.5 Å². The molecule has 0 aromatic heterocycles. The fourth-order valence-corrected chi connectivity index (χ4v) is 2.21. The molecule has 0 saturated carbocycles. The summed E-state index contributed by atoms with van der Waals surface area (Å²) in [4.78, 5) is 0. The van der Waals surface area contributed by atoms with Crippen LogP contribution in [0.4, 0.5) is 0 Å². The molecule has 0 heterocycles. The highest BCUT2D eigenvalue weighted by Crippen LogP contribution is 2.34. The normalized spacial score (nSPS) is 24.7. The topological polar surface area (TPSA) is 0 Å². The molecule has 0 radical (unpaired) electrons. The number of hydrogen-bond acceptors (Lipinski definition) is 0. The summed E-state index contributed by atoms with van der Waals surface area (Å²) in [6.45, 7) is 4.58. The van der Waals surface area contributed by atoms with Crippen molar-refractivity contribution in [2.45, 2.75) is 46.0 Å². The average molecular weight is 188 g/mol. The van der Waals surface area contributed by atoms with Crippen molar-refractivity contribution in [3.63, 3.8) is 0 Å². The first kappa shape index (κ1) is 9.76. The van der Waals surface area contributed by atoms with Crippen LogP contribution in [-0.2, 0) is 0 Å². The Morgan fingerprint density at radius 3 is 2.00 bits per heavy atom. The van der Waals surface area contributed by atoms with E-state index >= 15 is 0 Å². The van der Waals surface area contributed by atoms with Crippen LogP contribution in [0.5, 0.6) is 0 Å². The first-order valence-corrected chi connectivity index (χ1v) is 5.84. The molecule has 0 N–H and O–H groups in total. The van der Waals surface area contributed by atoms with Gasteiger partial charge in [-0.2, -0.15) is 0 Å². The molecule has 0 aliphatic heterocycles. The minimum absolute atomic E-state index is 0.289. The van der Waals surface area contributed by atoms with Crippen LogP contribution < -0.4 is 0 Å². The Morgan fingerprint density at radius 2 is 1.57 bits per heavy atom. The van der Waals surface area contributed by atoms with E-state index in [1.807, 2.05) is 0 Å². The molecule has 0 spiro atoms. The maximum absolute atomic E-state index is 2.39. The van der Waals surface area contributed by atoms with Crippen LogP contribution in [-0.4, -0.2) is 0 Å². The molecule has 0 heteroatoms.